The Labute approximate surface area is 144 Å². The Kier molecular flexibility index (Phi) is 3.95. The number of nitro groups is 1. The van der Waals surface area contributed by atoms with E-state index in [0.29, 0.717) is 23.5 Å². The predicted octanol–water partition coefficient (Wildman–Crippen LogP) is 2.66. The first kappa shape index (κ1) is 15.7. The monoisotopic (exact) mass is 338 g/mol. The van der Waals surface area contributed by atoms with Gasteiger partial charge in [-0.05, 0) is 11.6 Å². The van der Waals surface area contributed by atoms with Crippen molar-refractivity contribution in [3.63, 3.8) is 0 Å². The van der Waals surface area contributed by atoms with Crippen LogP contribution in [0.4, 0.5) is 5.69 Å². The minimum atomic E-state index is -0.433. The van der Waals surface area contributed by atoms with Crippen LogP contribution in [0, 0.1) is 10.1 Å². The molecule has 7 nitrogen and oxygen atoms in total. The van der Waals surface area contributed by atoms with Gasteiger partial charge in [0.1, 0.15) is 5.52 Å². The van der Waals surface area contributed by atoms with Gasteiger partial charge in [-0.2, -0.15) is 0 Å². The zero-order valence-corrected chi connectivity index (χ0v) is 13.5. The molecule has 0 radical (unpaired) electrons. The molecule has 2 atom stereocenters. The second-order valence-corrected chi connectivity index (χ2v) is 6.39. The molecule has 1 fully saturated rings. The number of non-ortho nitro benzene ring substituents is 1. The number of nitro benzene ring substituents is 1. The molecule has 7 heteroatoms. The minimum Gasteiger partial charge on any atom is -0.439 e. The van der Waals surface area contributed by atoms with Crippen molar-refractivity contribution in [2.24, 2.45) is 5.73 Å². The van der Waals surface area contributed by atoms with Crippen molar-refractivity contribution in [1.29, 1.82) is 0 Å². The van der Waals surface area contributed by atoms with Gasteiger partial charge in [0.15, 0.2) is 5.58 Å². The van der Waals surface area contributed by atoms with E-state index in [1.165, 1.54) is 17.7 Å². The number of rotatable bonds is 4. The molecule has 1 aliphatic rings. The van der Waals surface area contributed by atoms with Crippen LogP contribution in [0.2, 0.25) is 0 Å². The summed E-state index contributed by atoms with van der Waals surface area (Å²) >= 11 is 0. The average molecular weight is 338 g/mol. The first-order valence-corrected chi connectivity index (χ1v) is 8.17. The molecule has 0 bridgehead atoms. The molecule has 2 N–H and O–H groups in total. The number of nitrogens with two attached hydrogens (primary N) is 1. The van der Waals surface area contributed by atoms with Gasteiger partial charge in [0.05, 0.1) is 11.5 Å². The topological polar surface area (TPSA) is 98.4 Å². The maximum Gasteiger partial charge on any atom is 0.271 e. The van der Waals surface area contributed by atoms with Gasteiger partial charge in [-0.25, -0.2) is 4.98 Å². The highest BCUT2D eigenvalue weighted by atomic mass is 16.6. The van der Waals surface area contributed by atoms with Crippen LogP contribution in [-0.2, 0) is 6.54 Å². The Bertz CT molecular complexity index is 909. The summed E-state index contributed by atoms with van der Waals surface area (Å²) in [5.41, 5.74) is 8.64. The largest absolute Gasteiger partial charge is 0.439 e. The van der Waals surface area contributed by atoms with Crippen LogP contribution in [0.25, 0.3) is 11.1 Å². The third-order valence-electron chi connectivity index (χ3n) is 4.65. The summed E-state index contributed by atoms with van der Waals surface area (Å²) in [6.45, 7) is 2.14. The van der Waals surface area contributed by atoms with Crippen LogP contribution in [0.3, 0.4) is 0 Å². The van der Waals surface area contributed by atoms with E-state index in [0.717, 1.165) is 13.1 Å². The van der Waals surface area contributed by atoms with Crippen LogP contribution >= 0.6 is 0 Å². The van der Waals surface area contributed by atoms with Gasteiger partial charge in [-0.1, -0.05) is 30.3 Å². The van der Waals surface area contributed by atoms with Gasteiger partial charge in [0, 0.05) is 37.2 Å². The van der Waals surface area contributed by atoms with Crippen LogP contribution in [-0.4, -0.2) is 33.9 Å². The highest BCUT2D eigenvalue weighted by molar-refractivity contribution is 5.75. The Balaban J connectivity index is 1.51. The maximum absolute atomic E-state index is 10.9. The number of hydrogen-bond donors (Lipinski definition) is 1. The molecule has 0 saturated carbocycles. The minimum absolute atomic E-state index is 0.0136. The van der Waals surface area contributed by atoms with Crippen molar-refractivity contribution in [2.45, 2.75) is 18.5 Å². The average Bonchev–Trinajstić information content (AvgIpc) is 3.17. The van der Waals surface area contributed by atoms with E-state index in [2.05, 4.69) is 22.0 Å². The summed E-state index contributed by atoms with van der Waals surface area (Å²) in [5, 5.41) is 10.9. The maximum atomic E-state index is 10.9. The molecule has 0 aliphatic carbocycles. The summed E-state index contributed by atoms with van der Waals surface area (Å²) in [5.74, 6) is 0.836. The lowest BCUT2D eigenvalue weighted by molar-refractivity contribution is -0.384. The van der Waals surface area contributed by atoms with Crippen LogP contribution in [0.15, 0.2) is 52.9 Å². The molecule has 3 aromatic rings. The smallest absolute Gasteiger partial charge is 0.271 e. The summed E-state index contributed by atoms with van der Waals surface area (Å²) < 4.78 is 5.72. The van der Waals surface area contributed by atoms with E-state index in [1.54, 1.807) is 6.07 Å². The number of benzene rings is 2. The molecule has 0 unspecified atom stereocenters. The van der Waals surface area contributed by atoms with E-state index in [4.69, 9.17) is 10.2 Å². The molecule has 2 aromatic carbocycles. The quantitative estimate of drug-likeness (QED) is 0.580. The molecule has 1 aromatic heterocycles. The fourth-order valence-electron chi connectivity index (χ4n) is 3.43. The normalized spacial score (nSPS) is 21.0. The summed E-state index contributed by atoms with van der Waals surface area (Å²) in [7, 11) is 0. The van der Waals surface area contributed by atoms with Crippen molar-refractivity contribution in [3.05, 3.63) is 70.1 Å². The highest BCUT2D eigenvalue weighted by Gasteiger charge is 2.31. The van der Waals surface area contributed by atoms with Crippen molar-refractivity contribution < 1.29 is 9.34 Å². The molecule has 1 saturated heterocycles. The van der Waals surface area contributed by atoms with Crippen molar-refractivity contribution in [1.82, 2.24) is 9.88 Å². The van der Waals surface area contributed by atoms with Gasteiger partial charge in [0.25, 0.3) is 5.69 Å². The first-order chi connectivity index (χ1) is 12.1. The number of fused-ring (bicyclic) bond motifs is 1. The molecule has 0 spiro atoms. The van der Waals surface area contributed by atoms with Crippen LogP contribution in [0.1, 0.15) is 17.4 Å². The Morgan fingerprint density at radius 3 is 2.80 bits per heavy atom. The molecule has 0 amide bonds. The third kappa shape index (κ3) is 3.11. The van der Waals surface area contributed by atoms with E-state index in [9.17, 15) is 10.1 Å². The zero-order valence-electron chi connectivity index (χ0n) is 13.5. The molecule has 4 rings (SSSR count). The number of likely N-dealkylation sites (tertiary alicyclic amines) is 1. The number of aromatic nitrogens is 1. The van der Waals surface area contributed by atoms with Crippen molar-refractivity contribution in [2.75, 3.05) is 13.1 Å². The lowest BCUT2D eigenvalue weighted by Crippen LogP contribution is -2.28. The molecule has 25 heavy (non-hydrogen) atoms. The van der Waals surface area contributed by atoms with E-state index in [1.807, 2.05) is 18.2 Å². The molecular formula is C18H18N4O3. The van der Waals surface area contributed by atoms with Crippen LogP contribution in [0.5, 0.6) is 0 Å². The zero-order chi connectivity index (χ0) is 17.4. The molecular weight excluding hydrogens is 320 g/mol. The molecule has 128 valence electrons. The fraction of sp³-hybridized carbons (Fsp3) is 0.278. The SMILES string of the molecule is N[C@@H]1CN(Cc2nc3cc([N+](=O)[O-])ccc3o2)C[C@H]1c1ccccc1. The lowest BCUT2D eigenvalue weighted by Gasteiger charge is -2.14. The van der Waals surface area contributed by atoms with Gasteiger partial charge in [-0.15, -0.1) is 0 Å². The molecule has 2 heterocycles. The van der Waals surface area contributed by atoms with Gasteiger partial charge >= 0.3 is 0 Å². The van der Waals surface area contributed by atoms with Crippen molar-refractivity contribution in [3.8, 4) is 0 Å². The number of hydrogen-bond acceptors (Lipinski definition) is 6. The fourth-order valence-corrected chi connectivity index (χ4v) is 3.43. The van der Waals surface area contributed by atoms with Gasteiger partial charge in [0.2, 0.25) is 5.89 Å². The first-order valence-electron chi connectivity index (χ1n) is 8.17. The lowest BCUT2D eigenvalue weighted by atomic mass is 9.95. The van der Waals surface area contributed by atoms with E-state index < -0.39 is 4.92 Å². The third-order valence-corrected chi connectivity index (χ3v) is 4.65. The number of oxazole rings is 1. The summed E-state index contributed by atoms with van der Waals surface area (Å²) in [6, 6.07) is 14.8. The van der Waals surface area contributed by atoms with E-state index >= 15 is 0 Å². The number of nitrogens with zero attached hydrogens (tertiary/aromatic N) is 3. The standard InChI is InChI=1S/C18H18N4O3/c19-15-10-21(9-14(15)12-4-2-1-3-5-12)11-18-20-16-8-13(22(23)24)6-7-17(16)25-18/h1-8,14-15H,9-11,19H2/t14-,15+/m0/s1. The van der Waals surface area contributed by atoms with Gasteiger partial charge in [-0.3, -0.25) is 15.0 Å². The predicted molar refractivity (Wildman–Crippen MR) is 93.1 cm³/mol. The van der Waals surface area contributed by atoms with Crippen molar-refractivity contribution >= 4 is 16.8 Å². The molecule has 1 aliphatic heterocycles. The van der Waals surface area contributed by atoms with Gasteiger partial charge < -0.3 is 10.2 Å². The second kappa shape index (κ2) is 6.27. The Morgan fingerprint density at radius 1 is 1.24 bits per heavy atom. The summed E-state index contributed by atoms with van der Waals surface area (Å²) in [4.78, 5) is 17.0. The second-order valence-electron chi connectivity index (χ2n) is 6.39. The Morgan fingerprint density at radius 2 is 2.04 bits per heavy atom. The summed E-state index contributed by atoms with van der Waals surface area (Å²) in [6.07, 6.45) is 0. The van der Waals surface area contributed by atoms with E-state index in [-0.39, 0.29) is 17.6 Å². The Hall–Kier alpha value is -2.77. The van der Waals surface area contributed by atoms with Crippen LogP contribution < -0.4 is 5.73 Å². The highest BCUT2D eigenvalue weighted by Crippen LogP contribution is 2.28.